The number of hydrogen-bond acceptors (Lipinski definition) is 10. The minimum atomic E-state index is -5.68. The number of hydrogen-bond donors (Lipinski definition) is 6. The highest BCUT2D eigenvalue weighted by Gasteiger charge is 2.69. The average Bonchev–Trinajstić information content (AvgIpc) is 3.04. The van der Waals surface area contributed by atoms with Crippen molar-refractivity contribution < 1.29 is 55.5 Å². The van der Waals surface area contributed by atoms with E-state index in [1.807, 2.05) is 0 Å². The molecule has 2 fully saturated rings. The van der Waals surface area contributed by atoms with Crippen LogP contribution in [0.4, 0.5) is 10.3 Å². The van der Waals surface area contributed by atoms with Crippen LogP contribution in [0, 0.1) is 5.92 Å². The fourth-order valence-corrected chi connectivity index (χ4v) is 6.60. The number of phosphoric ester groups is 1. The van der Waals surface area contributed by atoms with Crippen molar-refractivity contribution in [1.29, 1.82) is 0 Å². The van der Waals surface area contributed by atoms with Crippen molar-refractivity contribution in [2.24, 2.45) is 5.92 Å². The highest BCUT2D eigenvalue weighted by atomic mass is 31.3. The van der Waals surface area contributed by atoms with Gasteiger partial charge in [-0.05, 0) is 12.5 Å². The van der Waals surface area contributed by atoms with Gasteiger partial charge in [0, 0.05) is 12.1 Å². The molecule has 1 saturated heterocycles. The Balaban J connectivity index is 1.47. The number of nitrogens with zero attached hydrogens (tertiary/aromatic N) is 2. The van der Waals surface area contributed by atoms with E-state index in [1.54, 1.807) is 0 Å². The molecule has 0 amide bonds. The molecule has 1 aliphatic heterocycles. The summed E-state index contributed by atoms with van der Waals surface area (Å²) in [4.78, 5) is 54.0. The summed E-state index contributed by atoms with van der Waals surface area (Å²) in [5.74, 6) is -1.00. The molecule has 20 heteroatoms. The Bertz CT molecular complexity index is 1280. The second-order valence-corrected chi connectivity index (χ2v) is 11.5. The standard InChI is InChI=1S/C12H16FN4O12P3/c13-7-6-3-12(6,4-26-31(22,23)29-32(24,25)28-30(19,20)21)27-10(7)17-2-1-5-8(17)15-11(14)16-9(5)18/h1-2,6-7,10H,3-4H2,(H,22,23)(H,24,25)(H2,19,20,21)(H3,14,15,16,18). The number of anilines is 1. The van der Waals surface area contributed by atoms with E-state index >= 15 is 0 Å². The number of aromatic nitrogens is 3. The molecule has 3 heterocycles. The maximum atomic E-state index is 14.9. The molecular weight excluding hydrogens is 504 g/mol. The fraction of sp³-hybridized carbons (Fsp3) is 0.500. The van der Waals surface area contributed by atoms with Crippen molar-refractivity contribution >= 4 is 40.4 Å². The summed E-state index contributed by atoms with van der Waals surface area (Å²) >= 11 is 0. The Morgan fingerprint density at radius 3 is 2.62 bits per heavy atom. The number of nitrogens with one attached hydrogen (secondary N) is 1. The molecule has 0 aromatic carbocycles. The molecule has 32 heavy (non-hydrogen) atoms. The molecule has 178 valence electrons. The van der Waals surface area contributed by atoms with E-state index < -0.39 is 59.6 Å². The first-order valence-corrected chi connectivity index (χ1v) is 13.1. The van der Waals surface area contributed by atoms with Crippen LogP contribution in [0.5, 0.6) is 0 Å². The lowest BCUT2D eigenvalue weighted by Gasteiger charge is -2.22. The highest BCUT2D eigenvalue weighted by Crippen LogP contribution is 2.68. The molecule has 0 radical (unpaired) electrons. The number of rotatable bonds is 8. The van der Waals surface area contributed by atoms with Gasteiger partial charge in [-0.2, -0.15) is 13.6 Å². The largest absolute Gasteiger partial charge is 0.490 e. The van der Waals surface area contributed by atoms with Crippen LogP contribution in [-0.2, 0) is 31.6 Å². The summed E-state index contributed by atoms with van der Waals surface area (Å²) < 4.78 is 67.6. The molecule has 1 aliphatic carbocycles. The van der Waals surface area contributed by atoms with Gasteiger partial charge in [0.1, 0.15) is 5.60 Å². The SMILES string of the molecule is Nc1nc2c(ccn2C2OC3(COP(=O)(O)OP(=O)(O)OP(=O)(O)O)CC3C2F)c(=O)[nH]1. The lowest BCUT2D eigenvalue weighted by atomic mass is 10.2. The van der Waals surface area contributed by atoms with Crippen LogP contribution >= 0.6 is 23.5 Å². The van der Waals surface area contributed by atoms with Crippen LogP contribution in [0.2, 0.25) is 0 Å². The van der Waals surface area contributed by atoms with E-state index in [2.05, 4.69) is 23.1 Å². The van der Waals surface area contributed by atoms with Gasteiger partial charge in [-0.25, -0.2) is 18.1 Å². The Kier molecular flexibility index (Phi) is 5.56. The van der Waals surface area contributed by atoms with Gasteiger partial charge in [-0.15, -0.1) is 0 Å². The summed E-state index contributed by atoms with van der Waals surface area (Å²) in [6.07, 6.45) is -1.51. The number of fused-ring (bicyclic) bond motifs is 2. The Morgan fingerprint density at radius 2 is 1.97 bits per heavy atom. The Morgan fingerprint density at radius 1 is 1.28 bits per heavy atom. The van der Waals surface area contributed by atoms with Gasteiger partial charge in [0.25, 0.3) is 5.56 Å². The zero-order valence-electron chi connectivity index (χ0n) is 15.5. The van der Waals surface area contributed by atoms with E-state index in [0.717, 1.165) is 0 Å². The van der Waals surface area contributed by atoms with Gasteiger partial charge in [0.2, 0.25) is 5.95 Å². The third kappa shape index (κ3) is 4.60. The van der Waals surface area contributed by atoms with Crippen LogP contribution in [0.25, 0.3) is 11.0 Å². The Hall–Kier alpha value is -1.48. The lowest BCUT2D eigenvalue weighted by molar-refractivity contribution is -0.0738. The van der Waals surface area contributed by atoms with Gasteiger partial charge >= 0.3 is 23.5 Å². The summed E-state index contributed by atoms with van der Waals surface area (Å²) in [5.41, 5.74) is 3.61. The molecule has 2 aromatic rings. The molecule has 16 nitrogen and oxygen atoms in total. The summed E-state index contributed by atoms with van der Waals surface area (Å²) in [7, 11) is -16.6. The van der Waals surface area contributed by atoms with E-state index in [4.69, 9.17) is 20.3 Å². The second-order valence-electron chi connectivity index (χ2n) is 7.10. The minimum Gasteiger partial charge on any atom is -0.369 e. The number of nitrogens with two attached hydrogens (primary N) is 1. The van der Waals surface area contributed by atoms with Crippen LogP contribution in [0.1, 0.15) is 12.6 Å². The summed E-state index contributed by atoms with van der Waals surface area (Å²) in [5, 5.41) is 0.123. The third-order valence-electron chi connectivity index (χ3n) is 4.86. The number of ether oxygens (including phenoxy) is 1. The molecule has 2 aliphatic rings. The van der Waals surface area contributed by atoms with E-state index in [9.17, 15) is 32.7 Å². The van der Waals surface area contributed by atoms with Gasteiger partial charge < -0.3 is 34.6 Å². The average molecular weight is 520 g/mol. The number of halogens is 1. The second kappa shape index (κ2) is 7.52. The van der Waals surface area contributed by atoms with E-state index in [1.165, 1.54) is 16.8 Å². The first kappa shape index (κ1) is 23.7. The zero-order valence-corrected chi connectivity index (χ0v) is 18.2. The predicted molar refractivity (Wildman–Crippen MR) is 100 cm³/mol. The van der Waals surface area contributed by atoms with Gasteiger partial charge in [0.15, 0.2) is 18.0 Å². The number of phosphoric acid groups is 3. The summed E-state index contributed by atoms with van der Waals surface area (Å²) in [6, 6.07) is 1.37. The number of nitrogen functional groups attached to an aromatic ring is 1. The molecule has 1 saturated carbocycles. The third-order valence-corrected chi connectivity index (χ3v) is 8.64. The minimum absolute atomic E-state index is 0.0447. The molecule has 6 atom stereocenters. The van der Waals surface area contributed by atoms with Gasteiger partial charge in [-0.1, -0.05) is 0 Å². The normalized spacial score (nSPS) is 31.2. The monoisotopic (exact) mass is 520 g/mol. The molecule has 0 spiro atoms. The molecule has 4 rings (SSSR count). The topological polar surface area (TPSA) is 246 Å². The first-order valence-electron chi connectivity index (χ1n) is 8.58. The maximum absolute atomic E-state index is 14.9. The first-order chi connectivity index (χ1) is 14.6. The molecular formula is C12H16FN4O12P3. The smallest absolute Gasteiger partial charge is 0.369 e. The van der Waals surface area contributed by atoms with E-state index in [0.29, 0.717) is 0 Å². The predicted octanol–water partition coefficient (Wildman–Crippen LogP) is 0.276. The maximum Gasteiger partial charge on any atom is 0.490 e. The number of H-pyrrole nitrogens is 1. The lowest BCUT2D eigenvalue weighted by Crippen LogP contribution is -2.24. The molecule has 0 bridgehead atoms. The van der Waals surface area contributed by atoms with Crippen molar-refractivity contribution in [2.45, 2.75) is 24.4 Å². The van der Waals surface area contributed by atoms with Crippen molar-refractivity contribution in [3.63, 3.8) is 0 Å². The Labute approximate surface area is 176 Å². The number of aromatic amines is 1. The molecule has 7 N–H and O–H groups in total. The summed E-state index contributed by atoms with van der Waals surface area (Å²) in [6.45, 7) is -0.770. The molecule has 6 unspecified atom stereocenters. The zero-order chi connectivity index (χ0) is 23.7. The van der Waals surface area contributed by atoms with Crippen LogP contribution in [-0.4, -0.2) is 52.5 Å². The van der Waals surface area contributed by atoms with Crippen molar-refractivity contribution in [3.05, 3.63) is 22.6 Å². The number of alkyl halides is 1. The quantitative estimate of drug-likeness (QED) is 0.256. The van der Waals surface area contributed by atoms with E-state index in [-0.39, 0.29) is 23.4 Å². The molecule has 2 aromatic heterocycles. The van der Waals surface area contributed by atoms with Crippen molar-refractivity contribution in [1.82, 2.24) is 14.5 Å². The van der Waals surface area contributed by atoms with Crippen LogP contribution in [0.15, 0.2) is 17.1 Å². The van der Waals surface area contributed by atoms with Crippen molar-refractivity contribution in [3.8, 4) is 0 Å². The van der Waals surface area contributed by atoms with Crippen LogP contribution < -0.4 is 11.3 Å². The van der Waals surface area contributed by atoms with Gasteiger partial charge in [0.05, 0.1) is 12.0 Å². The highest BCUT2D eigenvalue weighted by molar-refractivity contribution is 7.66. The van der Waals surface area contributed by atoms with Crippen LogP contribution in [0.3, 0.4) is 0 Å². The fourth-order valence-electron chi connectivity index (χ4n) is 3.53. The van der Waals surface area contributed by atoms with Gasteiger partial charge in [-0.3, -0.25) is 14.3 Å². The van der Waals surface area contributed by atoms with Crippen molar-refractivity contribution in [2.75, 3.05) is 12.3 Å².